The van der Waals surface area contributed by atoms with Crippen LogP contribution in [0.5, 0.6) is 0 Å². The molecule has 1 fully saturated rings. The molecule has 9 nitrogen and oxygen atoms in total. The molecule has 0 amide bonds. The van der Waals surface area contributed by atoms with E-state index in [2.05, 4.69) is 62.5 Å². The lowest BCUT2D eigenvalue weighted by molar-refractivity contribution is 0.0696. The van der Waals surface area contributed by atoms with Crippen molar-refractivity contribution in [3.8, 4) is 11.3 Å². The molecule has 39 heavy (non-hydrogen) atoms. The van der Waals surface area contributed by atoms with Crippen molar-refractivity contribution in [2.45, 2.75) is 53.0 Å². The molecule has 0 bridgehead atoms. The maximum atomic E-state index is 13.8. The fourth-order valence-corrected chi connectivity index (χ4v) is 4.48. The van der Waals surface area contributed by atoms with Gasteiger partial charge in [-0.3, -0.25) is 14.8 Å². The quantitative estimate of drug-likeness (QED) is 0.366. The number of H-pyrrole nitrogens is 1. The summed E-state index contributed by atoms with van der Waals surface area (Å²) >= 11 is 0. The lowest BCUT2D eigenvalue weighted by Gasteiger charge is -2.46. The van der Waals surface area contributed by atoms with Crippen LogP contribution in [0.15, 0.2) is 37.0 Å². The van der Waals surface area contributed by atoms with Gasteiger partial charge in [-0.2, -0.15) is 10.2 Å². The second-order valence-corrected chi connectivity index (χ2v) is 11.0. The molecule has 5 rings (SSSR count). The molecule has 3 aromatic heterocycles. The molecule has 0 saturated carbocycles. The van der Waals surface area contributed by atoms with Crippen molar-refractivity contribution < 1.29 is 9.18 Å². The second-order valence-electron chi connectivity index (χ2n) is 11.0. The summed E-state index contributed by atoms with van der Waals surface area (Å²) in [6.45, 7) is 19.3. The van der Waals surface area contributed by atoms with Gasteiger partial charge in [-0.25, -0.2) is 18.9 Å². The Bertz CT molecular complexity index is 1500. The summed E-state index contributed by atoms with van der Waals surface area (Å²) in [4.78, 5) is 24.2. The number of aldehydes is 1. The minimum absolute atomic E-state index is 0.159. The van der Waals surface area contributed by atoms with Crippen LogP contribution in [0.3, 0.4) is 0 Å². The summed E-state index contributed by atoms with van der Waals surface area (Å²) in [5.74, 6) is 1.49. The van der Waals surface area contributed by atoms with E-state index in [0.717, 1.165) is 36.7 Å². The molecule has 0 atom stereocenters. The average Bonchev–Trinajstić information content (AvgIpc) is 3.52. The van der Waals surface area contributed by atoms with Crippen LogP contribution in [0.1, 0.15) is 66.9 Å². The number of aromatic amines is 1. The van der Waals surface area contributed by atoms with Gasteiger partial charge < -0.3 is 4.90 Å². The lowest BCUT2D eigenvalue weighted by atomic mass is 9.99. The molecule has 1 aliphatic rings. The van der Waals surface area contributed by atoms with E-state index in [4.69, 9.17) is 0 Å². The summed E-state index contributed by atoms with van der Waals surface area (Å²) in [7, 11) is 2.16. The van der Waals surface area contributed by atoms with Crippen LogP contribution in [0, 0.1) is 19.7 Å². The molecular weight excluding hydrogens is 495 g/mol. The van der Waals surface area contributed by atoms with Gasteiger partial charge in [0.25, 0.3) is 0 Å². The Labute approximate surface area is 228 Å². The topological polar surface area (TPSA) is 95.3 Å². The van der Waals surface area contributed by atoms with Crippen LogP contribution < -0.4 is 0 Å². The van der Waals surface area contributed by atoms with Crippen LogP contribution in [-0.4, -0.2) is 78.1 Å². The van der Waals surface area contributed by atoms with E-state index in [1.54, 1.807) is 23.7 Å². The van der Waals surface area contributed by atoms with E-state index in [1.807, 2.05) is 32.9 Å². The van der Waals surface area contributed by atoms with Crippen molar-refractivity contribution in [1.82, 2.24) is 39.6 Å². The summed E-state index contributed by atoms with van der Waals surface area (Å²) in [5.41, 5.74) is 5.00. The van der Waals surface area contributed by atoms with Gasteiger partial charge in [0, 0.05) is 36.3 Å². The average molecular weight is 533 g/mol. The molecular formula is C29H37FN8O. The van der Waals surface area contributed by atoms with Gasteiger partial charge in [-0.15, -0.1) is 0 Å². The number of fused-ring (bicyclic) bond motifs is 1. The number of hydrogen-bond acceptors (Lipinski definition) is 7. The smallest absolute Gasteiger partial charge is 0.196 e. The maximum absolute atomic E-state index is 13.8. The number of carbonyl (C=O) groups is 1. The van der Waals surface area contributed by atoms with E-state index in [0.29, 0.717) is 40.3 Å². The number of carbonyl (C=O) groups excluding carboxylic acids is 1. The van der Waals surface area contributed by atoms with Gasteiger partial charge in [0.15, 0.2) is 17.8 Å². The van der Waals surface area contributed by atoms with Crippen LogP contribution >= 0.6 is 0 Å². The predicted octanol–water partition coefficient (Wildman–Crippen LogP) is 4.89. The fourth-order valence-electron chi connectivity index (χ4n) is 4.48. The first-order valence-electron chi connectivity index (χ1n) is 13.1. The number of benzene rings is 1. The van der Waals surface area contributed by atoms with Crippen LogP contribution in [-0.2, 0) is 0 Å². The molecule has 0 spiro atoms. The zero-order valence-electron chi connectivity index (χ0n) is 23.8. The number of aryl methyl sites for hydroxylation is 2. The minimum atomic E-state index is -0.260. The van der Waals surface area contributed by atoms with Crippen molar-refractivity contribution in [2.75, 3.05) is 26.7 Å². The highest BCUT2D eigenvalue weighted by Crippen LogP contribution is 2.27. The van der Waals surface area contributed by atoms with E-state index in [-0.39, 0.29) is 17.3 Å². The number of halogens is 1. The highest BCUT2D eigenvalue weighted by atomic mass is 19.1. The first-order valence-corrected chi connectivity index (χ1v) is 13.1. The monoisotopic (exact) mass is 532 g/mol. The molecule has 0 radical (unpaired) electrons. The van der Waals surface area contributed by atoms with E-state index in [1.165, 1.54) is 6.07 Å². The first-order chi connectivity index (χ1) is 18.4. The zero-order valence-corrected chi connectivity index (χ0v) is 23.8. The standard InChI is InChI=1S/C17H16FN3O.C12H21N5/c1-10(2)14-7-16(12-5-4-11(3)15(18)6-12)20-21-8-13(9-22)19-17(14)21;1-9(11-13-10(2)14-15-11)17-7-6-16(5)12(3,4)8-17/h4-10H,1-3H3;1,6-8H2,2-5H3,(H,13,14,15). The van der Waals surface area contributed by atoms with Gasteiger partial charge in [0.05, 0.1) is 17.6 Å². The maximum Gasteiger partial charge on any atom is 0.196 e. The number of imidazole rings is 1. The highest BCUT2D eigenvalue weighted by molar-refractivity contribution is 5.74. The summed E-state index contributed by atoms with van der Waals surface area (Å²) in [5, 5.41) is 11.5. The number of nitrogens with zero attached hydrogens (tertiary/aromatic N) is 7. The van der Waals surface area contributed by atoms with E-state index < -0.39 is 0 Å². The Morgan fingerprint density at radius 1 is 1.18 bits per heavy atom. The van der Waals surface area contributed by atoms with Gasteiger partial charge in [-0.05, 0) is 58.4 Å². The van der Waals surface area contributed by atoms with Crippen molar-refractivity contribution >= 4 is 17.6 Å². The molecule has 1 N–H and O–H groups in total. The SMILES string of the molecule is C=C(c1n[nH]c(C)n1)N1CCN(C)C(C)(C)C1.Cc1ccc(-c2cc(C(C)C)c3nc(C=O)cn3n2)cc1F. The second kappa shape index (κ2) is 11.1. The van der Waals surface area contributed by atoms with Crippen molar-refractivity contribution in [2.24, 2.45) is 0 Å². The number of likely N-dealkylation sites (N-methyl/N-ethyl adjacent to an activating group) is 1. The molecule has 206 valence electrons. The van der Waals surface area contributed by atoms with Crippen molar-refractivity contribution in [3.63, 3.8) is 0 Å². The van der Waals surface area contributed by atoms with Gasteiger partial charge in [-0.1, -0.05) is 32.6 Å². The molecule has 1 saturated heterocycles. The molecule has 4 aromatic rings. The summed E-state index contributed by atoms with van der Waals surface area (Å²) in [6, 6.07) is 6.96. The molecule has 1 aromatic carbocycles. The number of aromatic nitrogens is 6. The largest absolute Gasteiger partial charge is 0.366 e. The molecule has 10 heteroatoms. The van der Waals surface area contributed by atoms with Gasteiger partial charge >= 0.3 is 0 Å². The minimum Gasteiger partial charge on any atom is -0.366 e. The Balaban J connectivity index is 0.000000187. The Kier molecular flexibility index (Phi) is 7.96. The van der Waals surface area contributed by atoms with Crippen molar-refractivity contribution in [3.05, 3.63) is 71.3 Å². The predicted molar refractivity (Wildman–Crippen MR) is 151 cm³/mol. The van der Waals surface area contributed by atoms with Crippen molar-refractivity contribution in [1.29, 1.82) is 0 Å². The Morgan fingerprint density at radius 2 is 1.92 bits per heavy atom. The number of hydrogen-bond donors (Lipinski definition) is 1. The number of rotatable bonds is 5. The number of piperazine rings is 1. The van der Waals surface area contributed by atoms with Gasteiger partial charge in [0.1, 0.15) is 17.3 Å². The van der Waals surface area contributed by atoms with E-state index in [9.17, 15) is 9.18 Å². The third-order valence-electron chi connectivity index (χ3n) is 7.24. The highest BCUT2D eigenvalue weighted by Gasteiger charge is 2.32. The molecule has 1 aliphatic heterocycles. The zero-order chi connectivity index (χ0) is 28.5. The Morgan fingerprint density at radius 3 is 2.51 bits per heavy atom. The summed E-state index contributed by atoms with van der Waals surface area (Å²) < 4.78 is 15.4. The number of nitrogens with one attached hydrogen (secondary N) is 1. The third kappa shape index (κ3) is 6.06. The van der Waals surface area contributed by atoms with Crippen LogP contribution in [0.25, 0.3) is 22.6 Å². The van der Waals surface area contributed by atoms with Crippen LogP contribution in [0.4, 0.5) is 4.39 Å². The van der Waals surface area contributed by atoms with Gasteiger partial charge in [0.2, 0.25) is 0 Å². The molecule has 4 heterocycles. The third-order valence-corrected chi connectivity index (χ3v) is 7.24. The normalized spacial score (nSPS) is 15.4. The fraction of sp³-hybridized carbons (Fsp3) is 0.414. The molecule has 0 unspecified atom stereocenters. The van der Waals surface area contributed by atoms with Crippen LogP contribution in [0.2, 0.25) is 0 Å². The lowest BCUT2D eigenvalue weighted by Crippen LogP contribution is -2.56. The Hall–Kier alpha value is -3.92. The summed E-state index contributed by atoms with van der Waals surface area (Å²) in [6.07, 6.45) is 2.28. The van der Waals surface area contributed by atoms with E-state index >= 15 is 0 Å². The molecule has 0 aliphatic carbocycles. The first kappa shape index (κ1) is 28.1.